The van der Waals surface area contributed by atoms with Gasteiger partial charge >= 0.3 is 5.97 Å². The van der Waals surface area contributed by atoms with Crippen LogP contribution in [0.2, 0.25) is 0 Å². The number of benzene rings is 1. The number of phenols is 2. The van der Waals surface area contributed by atoms with E-state index in [2.05, 4.69) is 0 Å². The van der Waals surface area contributed by atoms with E-state index in [-0.39, 0.29) is 18.4 Å². The summed E-state index contributed by atoms with van der Waals surface area (Å²) in [6, 6.07) is 0.977. The van der Waals surface area contributed by atoms with Crippen LogP contribution in [0.3, 0.4) is 0 Å². The van der Waals surface area contributed by atoms with Crippen molar-refractivity contribution in [2.24, 2.45) is 5.73 Å². The molecular formula is C10H12FNO4. The number of hydrogen-bond acceptors (Lipinski definition) is 4. The average molecular weight is 229 g/mol. The minimum atomic E-state index is -1.01. The summed E-state index contributed by atoms with van der Waals surface area (Å²) >= 11 is 0. The fourth-order valence-electron chi connectivity index (χ4n) is 1.30. The molecule has 0 spiro atoms. The molecule has 0 aliphatic heterocycles. The molecule has 0 heterocycles. The highest BCUT2D eigenvalue weighted by Crippen LogP contribution is 2.31. The summed E-state index contributed by atoms with van der Waals surface area (Å²) in [7, 11) is 0. The first-order valence-electron chi connectivity index (χ1n) is 4.60. The topological polar surface area (TPSA) is 104 Å². The van der Waals surface area contributed by atoms with Gasteiger partial charge in [0.2, 0.25) is 0 Å². The van der Waals surface area contributed by atoms with Crippen LogP contribution in [-0.4, -0.2) is 21.3 Å². The maximum absolute atomic E-state index is 12.8. The van der Waals surface area contributed by atoms with Crippen molar-refractivity contribution in [1.29, 1.82) is 0 Å². The molecular weight excluding hydrogens is 217 g/mol. The zero-order valence-electron chi connectivity index (χ0n) is 8.35. The largest absolute Gasteiger partial charge is 0.507 e. The second kappa shape index (κ2) is 4.80. The third-order valence-electron chi connectivity index (χ3n) is 2.16. The van der Waals surface area contributed by atoms with E-state index >= 15 is 0 Å². The predicted molar refractivity (Wildman–Crippen MR) is 53.5 cm³/mol. The Labute approximate surface area is 90.9 Å². The SMILES string of the molecule is NC(CCC(=O)O)c1cc(O)c(F)cc1O. The number of nitrogens with two attached hydrogens (primary N) is 1. The van der Waals surface area contributed by atoms with Gasteiger partial charge in [0.25, 0.3) is 0 Å². The molecule has 0 aliphatic rings. The van der Waals surface area contributed by atoms with Gasteiger partial charge in [0, 0.05) is 24.1 Å². The van der Waals surface area contributed by atoms with E-state index in [0.29, 0.717) is 0 Å². The van der Waals surface area contributed by atoms with Crippen LogP contribution >= 0.6 is 0 Å². The Hall–Kier alpha value is -1.82. The van der Waals surface area contributed by atoms with Gasteiger partial charge in [-0.1, -0.05) is 0 Å². The zero-order chi connectivity index (χ0) is 12.3. The number of carbonyl (C=O) groups is 1. The Balaban J connectivity index is 2.86. The van der Waals surface area contributed by atoms with E-state index in [1.807, 2.05) is 0 Å². The molecule has 5 N–H and O–H groups in total. The summed E-state index contributed by atoms with van der Waals surface area (Å²) in [5.74, 6) is -2.99. The molecule has 1 aromatic carbocycles. The minimum absolute atomic E-state index is 0.0912. The third kappa shape index (κ3) is 2.83. The minimum Gasteiger partial charge on any atom is -0.507 e. The molecule has 1 rings (SSSR count). The maximum atomic E-state index is 12.8. The molecule has 1 unspecified atom stereocenters. The molecule has 0 amide bonds. The highest BCUT2D eigenvalue weighted by Gasteiger charge is 2.15. The second-order valence-electron chi connectivity index (χ2n) is 3.40. The van der Waals surface area contributed by atoms with Crippen LogP contribution in [0.1, 0.15) is 24.4 Å². The standard InChI is InChI=1S/C10H12FNO4/c11-6-4-8(13)5(3-9(6)14)7(12)1-2-10(15)16/h3-4,7,13-14H,1-2,12H2,(H,15,16). The smallest absolute Gasteiger partial charge is 0.303 e. The number of hydrogen-bond donors (Lipinski definition) is 4. The van der Waals surface area contributed by atoms with Crippen molar-refractivity contribution in [3.05, 3.63) is 23.5 Å². The van der Waals surface area contributed by atoms with E-state index in [9.17, 15) is 14.3 Å². The maximum Gasteiger partial charge on any atom is 0.303 e. The molecule has 0 saturated heterocycles. The van der Waals surface area contributed by atoms with Crippen LogP contribution in [0, 0.1) is 5.82 Å². The second-order valence-corrected chi connectivity index (χ2v) is 3.40. The van der Waals surface area contributed by atoms with Crippen molar-refractivity contribution < 1.29 is 24.5 Å². The molecule has 0 bridgehead atoms. The summed E-state index contributed by atoms with van der Waals surface area (Å²) in [5, 5.41) is 26.9. The summed E-state index contributed by atoms with van der Waals surface area (Å²) < 4.78 is 12.8. The van der Waals surface area contributed by atoms with Crippen LogP contribution in [-0.2, 0) is 4.79 Å². The Morgan fingerprint density at radius 2 is 2.00 bits per heavy atom. The van der Waals surface area contributed by atoms with E-state index in [1.165, 1.54) is 0 Å². The third-order valence-corrected chi connectivity index (χ3v) is 2.16. The number of aliphatic carboxylic acids is 1. The van der Waals surface area contributed by atoms with Crippen LogP contribution in [0.25, 0.3) is 0 Å². The fourth-order valence-corrected chi connectivity index (χ4v) is 1.30. The molecule has 1 atom stereocenters. The Kier molecular flexibility index (Phi) is 3.68. The van der Waals surface area contributed by atoms with Gasteiger partial charge in [0.15, 0.2) is 11.6 Å². The molecule has 0 aromatic heterocycles. The molecule has 88 valence electrons. The van der Waals surface area contributed by atoms with E-state index in [1.54, 1.807) is 0 Å². The monoisotopic (exact) mass is 229 g/mol. The fraction of sp³-hybridized carbons (Fsp3) is 0.300. The highest BCUT2D eigenvalue weighted by atomic mass is 19.1. The van der Waals surface area contributed by atoms with Gasteiger partial charge in [-0.2, -0.15) is 0 Å². The summed E-state index contributed by atoms with van der Waals surface area (Å²) in [4.78, 5) is 10.3. The number of aromatic hydroxyl groups is 2. The number of phenolic OH excluding ortho intramolecular Hbond substituents is 2. The van der Waals surface area contributed by atoms with Gasteiger partial charge in [-0.3, -0.25) is 4.79 Å². The summed E-state index contributed by atoms with van der Waals surface area (Å²) in [6.45, 7) is 0. The Morgan fingerprint density at radius 3 is 2.56 bits per heavy atom. The van der Waals surface area contributed by atoms with Crippen LogP contribution in [0.5, 0.6) is 11.5 Å². The molecule has 16 heavy (non-hydrogen) atoms. The van der Waals surface area contributed by atoms with E-state index in [4.69, 9.17) is 15.9 Å². The summed E-state index contributed by atoms with van der Waals surface area (Å²) in [5.41, 5.74) is 5.73. The highest BCUT2D eigenvalue weighted by molar-refractivity contribution is 5.66. The van der Waals surface area contributed by atoms with Gasteiger partial charge < -0.3 is 21.1 Å². The zero-order valence-corrected chi connectivity index (χ0v) is 8.35. The van der Waals surface area contributed by atoms with Gasteiger partial charge in [-0.25, -0.2) is 4.39 Å². The van der Waals surface area contributed by atoms with Crippen LogP contribution < -0.4 is 5.73 Å². The van der Waals surface area contributed by atoms with Crippen LogP contribution in [0.4, 0.5) is 4.39 Å². The molecule has 0 radical (unpaired) electrons. The van der Waals surface area contributed by atoms with Gasteiger partial charge in [-0.15, -0.1) is 0 Å². The molecule has 0 saturated carbocycles. The van der Waals surface area contributed by atoms with Crippen molar-refractivity contribution in [2.45, 2.75) is 18.9 Å². The molecule has 5 nitrogen and oxygen atoms in total. The van der Waals surface area contributed by atoms with Crippen molar-refractivity contribution in [2.75, 3.05) is 0 Å². The first kappa shape index (κ1) is 12.3. The van der Waals surface area contributed by atoms with E-state index < -0.39 is 29.3 Å². The number of carboxylic acid groups (broad SMARTS) is 1. The molecule has 0 aliphatic carbocycles. The van der Waals surface area contributed by atoms with Gasteiger partial charge in [0.05, 0.1) is 0 Å². The number of halogens is 1. The lowest BCUT2D eigenvalue weighted by atomic mass is 10.0. The van der Waals surface area contributed by atoms with Crippen molar-refractivity contribution in [1.82, 2.24) is 0 Å². The Bertz CT molecular complexity index is 408. The van der Waals surface area contributed by atoms with Gasteiger partial charge in [0.1, 0.15) is 5.75 Å². The van der Waals surface area contributed by atoms with Crippen molar-refractivity contribution >= 4 is 5.97 Å². The lowest BCUT2D eigenvalue weighted by Crippen LogP contribution is -2.12. The summed E-state index contributed by atoms with van der Waals surface area (Å²) in [6.07, 6.45) is -0.0767. The Morgan fingerprint density at radius 1 is 1.38 bits per heavy atom. The quantitative estimate of drug-likeness (QED) is 0.579. The lowest BCUT2D eigenvalue weighted by molar-refractivity contribution is -0.137. The van der Waals surface area contributed by atoms with Gasteiger partial charge in [-0.05, 0) is 12.5 Å². The first-order chi connectivity index (χ1) is 7.41. The molecule has 6 heteroatoms. The number of carboxylic acids is 1. The van der Waals surface area contributed by atoms with Crippen molar-refractivity contribution in [3.63, 3.8) is 0 Å². The molecule has 1 aromatic rings. The van der Waals surface area contributed by atoms with Crippen LogP contribution in [0.15, 0.2) is 12.1 Å². The van der Waals surface area contributed by atoms with E-state index in [0.717, 1.165) is 12.1 Å². The number of rotatable bonds is 4. The predicted octanol–water partition coefficient (Wildman–Crippen LogP) is 1.10. The first-order valence-corrected chi connectivity index (χ1v) is 4.60. The average Bonchev–Trinajstić information content (AvgIpc) is 2.20. The molecule has 0 fully saturated rings. The normalized spacial score (nSPS) is 12.4. The van der Waals surface area contributed by atoms with Crippen molar-refractivity contribution in [3.8, 4) is 11.5 Å². The lowest BCUT2D eigenvalue weighted by Gasteiger charge is -2.13.